The summed E-state index contributed by atoms with van der Waals surface area (Å²) in [5.41, 5.74) is 4.24. The number of rotatable bonds is 5. The van der Waals surface area contributed by atoms with Gasteiger partial charge in [-0.25, -0.2) is 0 Å². The Morgan fingerprint density at radius 2 is 1.70 bits per heavy atom. The fourth-order valence-corrected chi connectivity index (χ4v) is 3.52. The summed E-state index contributed by atoms with van der Waals surface area (Å²) in [4.78, 5) is 14.7. The lowest BCUT2D eigenvalue weighted by molar-refractivity contribution is -0.692. The van der Waals surface area contributed by atoms with Gasteiger partial charge in [0.2, 0.25) is 0 Å². The first-order valence-electron chi connectivity index (χ1n) is 9.49. The normalized spacial score (nSPS) is 11.4. The van der Waals surface area contributed by atoms with E-state index in [1.54, 1.807) is 16.2 Å². The van der Waals surface area contributed by atoms with Crippen LogP contribution in [-0.2, 0) is 14.1 Å². The summed E-state index contributed by atoms with van der Waals surface area (Å²) in [7, 11) is 3.60. The van der Waals surface area contributed by atoms with E-state index in [9.17, 15) is 4.79 Å². The third-order valence-electron chi connectivity index (χ3n) is 5.32. The van der Waals surface area contributed by atoms with Gasteiger partial charge >= 0.3 is 5.69 Å². The Morgan fingerprint density at radius 3 is 2.37 bits per heavy atom. The highest BCUT2D eigenvalue weighted by Crippen LogP contribution is 2.30. The molecule has 4 nitrogen and oxygen atoms in total. The average molecular weight is 362 g/mol. The van der Waals surface area contributed by atoms with Gasteiger partial charge in [0.05, 0.1) is 14.1 Å². The molecular weight excluding hydrogens is 334 g/mol. The van der Waals surface area contributed by atoms with E-state index < -0.39 is 0 Å². The third kappa shape index (κ3) is 3.52. The number of benzene rings is 2. The van der Waals surface area contributed by atoms with Crippen LogP contribution in [0, 0.1) is 6.92 Å². The average Bonchev–Trinajstić information content (AvgIpc) is 2.69. The van der Waals surface area contributed by atoms with Crippen molar-refractivity contribution in [2.45, 2.75) is 20.8 Å². The van der Waals surface area contributed by atoms with Gasteiger partial charge in [-0.3, -0.25) is 0 Å². The molecule has 0 saturated heterocycles. The molecule has 0 atom stereocenters. The Labute approximate surface area is 161 Å². The highest BCUT2D eigenvalue weighted by atomic mass is 16.1. The lowest BCUT2D eigenvalue weighted by Crippen LogP contribution is -2.53. The van der Waals surface area contributed by atoms with Crippen LogP contribution >= 0.6 is 0 Å². The van der Waals surface area contributed by atoms with Crippen LogP contribution in [0.2, 0.25) is 0 Å². The molecule has 0 aliphatic rings. The molecule has 0 amide bonds. The Bertz CT molecular complexity index is 1060. The van der Waals surface area contributed by atoms with Crippen molar-refractivity contribution in [2.75, 3.05) is 18.0 Å². The fraction of sp³-hybridized carbons (Fsp3) is 0.304. The zero-order valence-corrected chi connectivity index (χ0v) is 16.9. The largest absolute Gasteiger partial charge is 0.498 e. The van der Waals surface area contributed by atoms with Crippen molar-refractivity contribution in [3.63, 3.8) is 0 Å². The molecule has 1 heterocycles. The number of aromatic nitrogens is 2. The van der Waals surface area contributed by atoms with Crippen molar-refractivity contribution in [3.05, 3.63) is 69.9 Å². The number of anilines is 1. The number of nitrogens with zero attached hydrogens (tertiary/aromatic N) is 3. The van der Waals surface area contributed by atoms with E-state index in [1.165, 1.54) is 16.5 Å². The second kappa shape index (κ2) is 7.78. The van der Waals surface area contributed by atoms with Gasteiger partial charge in [-0.1, -0.05) is 36.4 Å². The van der Waals surface area contributed by atoms with E-state index in [2.05, 4.69) is 61.2 Å². The minimum absolute atomic E-state index is 0.0172. The molecule has 4 heteroatoms. The Kier molecular flexibility index (Phi) is 5.45. The number of aryl methyl sites for hydroxylation is 1. The number of hydrogen-bond acceptors (Lipinski definition) is 2. The summed E-state index contributed by atoms with van der Waals surface area (Å²) in [5, 5.41) is 2.48. The first-order valence-corrected chi connectivity index (χ1v) is 9.49. The molecule has 3 rings (SSSR count). The number of fused-ring (bicyclic) bond motifs is 1. The maximum atomic E-state index is 12.3. The molecule has 0 saturated carbocycles. The van der Waals surface area contributed by atoms with Crippen molar-refractivity contribution in [1.29, 1.82) is 0 Å². The highest BCUT2D eigenvalue weighted by Gasteiger charge is 2.12. The van der Waals surface area contributed by atoms with Gasteiger partial charge in [0.15, 0.2) is 0 Å². The van der Waals surface area contributed by atoms with E-state index in [-0.39, 0.29) is 5.69 Å². The summed E-state index contributed by atoms with van der Waals surface area (Å²) < 4.78 is 3.33. The molecule has 0 aliphatic carbocycles. The zero-order chi connectivity index (χ0) is 19.6. The van der Waals surface area contributed by atoms with Crippen molar-refractivity contribution in [2.24, 2.45) is 14.1 Å². The minimum atomic E-state index is -0.0172. The Hall–Kier alpha value is -2.88. The molecule has 3 aromatic rings. The molecule has 2 aromatic carbocycles. The van der Waals surface area contributed by atoms with Crippen molar-refractivity contribution in [1.82, 2.24) is 4.57 Å². The summed E-state index contributed by atoms with van der Waals surface area (Å²) in [6.45, 7) is 8.29. The number of hydrogen-bond donors (Lipinski definition) is 0. The summed E-state index contributed by atoms with van der Waals surface area (Å²) >= 11 is 0. The molecule has 0 N–H and O–H groups in total. The van der Waals surface area contributed by atoms with Gasteiger partial charge in [0.25, 0.3) is 0 Å². The van der Waals surface area contributed by atoms with Crippen molar-refractivity contribution < 1.29 is 4.57 Å². The van der Waals surface area contributed by atoms with E-state index in [0.29, 0.717) is 0 Å². The van der Waals surface area contributed by atoms with Crippen LogP contribution in [0.1, 0.15) is 30.8 Å². The van der Waals surface area contributed by atoms with Crippen LogP contribution in [0.4, 0.5) is 5.69 Å². The lowest BCUT2D eigenvalue weighted by Gasteiger charge is -2.23. The van der Waals surface area contributed by atoms with E-state index >= 15 is 0 Å². The predicted molar refractivity (Wildman–Crippen MR) is 114 cm³/mol. The molecule has 0 bridgehead atoms. The molecule has 140 valence electrons. The fourth-order valence-electron chi connectivity index (χ4n) is 3.52. The molecule has 0 unspecified atom stereocenters. The second-order valence-electron chi connectivity index (χ2n) is 6.84. The molecule has 27 heavy (non-hydrogen) atoms. The standard InChI is InChI=1S/C23H28N3O/c1-6-26(7-2)22-15-13-18(20-10-8-9-11-21(20)22)12-14-19-16-17(3)24(4)23(27)25(19)5/h8-16H,6-7H2,1-5H3/q+1. The van der Waals surface area contributed by atoms with Crippen LogP contribution in [0.15, 0.2) is 47.3 Å². The summed E-state index contributed by atoms with van der Waals surface area (Å²) in [6, 6.07) is 14.9. The van der Waals surface area contributed by atoms with E-state index in [4.69, 9.17) is 0 Å². The molecule has 0 radical (unpaired) electrons. The second-order valence-corrected chi connectivity index (χ2v) is 6.84. The molecule has 0 spiro atoms. The molecule has 1 aromatic heterocycles. The molecule has 0 aliphatic heterocycles. The third-order valence-corrected chi connectivity index (χ3v) is 5.32. The van der Waals surface area contributed by atoms with Gasteiger partial charge in [-0.15, -0.1) is 0 Å². The van der Waals surface area contributed by atoms with Gasteiger partial charge in [-0.05, 0) is 43.9 Å². The first kappa shape index (κ1) is 18.9. The minimum Gasteiger partial charge on any atom is -0.372 e. The van der Waals surface area contributed by atoms with Crippen molar-refractivity contribution in [3.8, 4) is 0 Å². The van der Waals surface area contributed by atoms with E-state index in [0.717, 1.165) is 30.0 Å². The van der Waals surface area contributed by atoms with Crippen LogP contribution in [-0.4, -0.2) is 17.7 Å². The van der Waals surface area contributed by atoms with Crippen LogP contribution < -0.4 is 15.2 Å². The highest BCUT2D eigenvalue weighted by molar-refractivity contribution is 6.00. The monoisotopic (exact) mass is 362 g/mol. The summed E-state index contributed by atoms with van der Waals surface area (Å²) in [5.74, 6) is 0. The SMILES string of the molecule is CCN(CC)c1ccc(C=Cc2cc(C)n(C)c(=O)[n+]2C)c2ccccc12. The Morgan fingerprint density at radius 1 is 1.04 bits per heavy atom. The first-order chi connectivity index (χ1) is 13.0. The maximum Gasteiger partial charge on any atom is 0.498 e. The molecule has 0 fully saturated rings. The van der Waals surface area contributed by atoms with Crippen LogP contribution in [0.3, 0.4) is 0 Å². The van der Waals surface area contributed by atoms with Gasteiger partial charge in [0, 0.05) is 30.2 Å². The van der Waals surface area contributed by atoms with Crippen LogP contribution in [0.25, 0.3) is 22.9 Å². The Balaban J connectivity index is 2.11. The van der Waals surface area contributed by atoms with Gasteiger partial charge < -0.3 is 4.90 Å². The smallest absolute Gasteiger partial charge is 0.372 e. The van der Waals surface area contributed by atoms with Crippen LogP contribution in [0.5, 0.6) is 0 Å². The topological polar surface area (TPSA) is 29.1 Å². The summed E-state index contributed by atoms with van der Waals surface area (Å²) in [6.07, 6.45) is 4.12. The van der Waals surface area contributed by atoms with Gasteiger partial charge in [0.1, 0.15) is 11.4 Å². The quantitative estimate of drug-likeness (QED) is 0.648. The van der Waals surface area contributed by atoms with Crippen molar-refractivity contribution >= 4 is 28.6 Å². The maximum absolute atomic E-state index is 12.3. The predicted octanol–water partition coefficient (Wildman–Crippen LogP) is 3.69. The van der Waals surface area contributed by atoms with Gasteiger partial charge in [-0.2, -0.15) is 13.9 Å². The molecular formula is C23H28N3O+. The van der Waals surface area contributed by atoms with E-state index in [1.807, 2.05) is 26.1 Å². The lowest BCUT2D eigenvalue weighted by atomic mass is 10.0. The zero-order valence-electron chi connectivity index (χ0n) is 16.9.